The number of hydrogen-bond donors (Lipinski definition) is 2. The molecule has 2 fully saturated rings. The fourth-order valence-corrected chi connectivity index (χ4v) is 4.11. The van der Waals surface area contributed by atoms with Gasteiger partial charge in [0.25, 0.3) is 0 Å². The van der Waals surface area contributed by atoms with Gasteiger partial charge in [0.15, 0.2) is 5.60 Å². The molecule has 4 unspecified atom stereocenters. The standard InChI is InChI=1S/C17H26F3N5O4S/c1-12-11-29-6-5-23(12)9-14-10-24(30(27)28)3-4-25(14)15-21-7-13(8-22-15)16(2,26)17(18,19)20/h7-8,12,14,26H,3-6,9-11H2,1-2H3,(H,27,28). The van der Waals surface area contributed by atoms with Gasteiger partial charge in [-0.1, -0.05) is 0 Å². The number of hydrogen-bond acceptors (Lipinski definition) is 7. The molecule has 0 radical (unpaired) electrons. The Hall–Kier alpha value is -1.38. The third-order valence-electron chi connectivity index (χ3n) is 5.63. The van der Waals surface area contributed by atoms with Crippen LogP contribution in [-0.4, -0.2) is 97.2 Å². The smallest absolute Gasteiger partial charge is 0.379 e. The topological polar surface area (TPSA) is 102 Å². The number of ether oxygens (including phenoxy) is 1. The highest BCUT2D eigenvalue weighted by molar-refractivity contribution is 7.76. The van der Waals surface area contributed by atoms with E-state index in [0.29, 0.717) is 39.8 Å². The van der Waals surface area contributed by atoms with Crippen molar-refractivity contribution in [1.29, 1.82) is 0 Å². The summed E-state index contributed by atoms with van der Waals surface area (Å²) in [6, 6.07) is -0.0786. The van der Waals surface area contributed by atoms with E-state index in [1.54, 1.807) is 0 Å². The highest BCUT2D eigenvalue weighted by Gasteiger charge is 2.51. The van der Waals surface area contributed by atoms with Crippen molar-refractivity contribution in [1.82, 2.24) is 19.2 Å². The quantitative estimate of drug-likeness (QED) is 0.625. The van der Waals surface area contributed by atoms with Gasteiger partial charge in [-0.05, 0) is 13.8 Å². The molecule has 1 aromatic rings. The molecule has 3 heterocycles. The summed E-state index contributed by atoms with van der Waals surface area (Å²) in [5.74, 6) is 0.214. The van der Waals surface area contributed by atoms with Crippen LogP contribution in [0.4, 0.5) is 19.1 Å². The first-order valence-corrected chi connectivity index (χ1v) is 10.6. The van der Waals surface area contributed by atoms with Crippen LogP contribution in [0.25, 0.3) is 0 Å². The van der Waals surface area contributed by atoms with E-state index in [1.807, 2.05) is 11.8 Å². The SMILES string of the molecule is CC1COCCN1CC1CN(S(=O)O)CCN1c1ncc(C(C)(O)C(F)(F)F)cn1. The summed E-state index contributed by atoms with van der Waals surface area (Å²) in [7, 11) is 0. The van der Waals surface area contributed by atoms with Crippen LogP contribution in [0.2, 0.25) is 0 Å². The van der Waals surface area contributed by atoms with Gasteiger partial charge in [-0.3, -0.25) is 9.45 Å². The van der Waals surface area contributed by atoms with Crippen molar-refractivity contribution in [2.45, 2.75) is 37.7 Å². The van der Waals surface area contributed by atoms with Gasteiger partial charge in [0, 0.05) is 56.7 Å². The monoisotopic (exact) mass is 453 g/mol. The molecular weight excluding hydrogens is 427 g/mol. The molecule has 3 rings (SSSR count). The number of anilines is 1. The summed E-state index contributed by atoms with van der Waals surface area (Å²) < 4.78 is 67.1. The first-order chi connectivity index (χ1) is 14.0. The molecule has 30 heavy (non-hydrogen) atoms. The molecule has 0 amide bonds. The summed E-state index contributed by atoms with van der Waals surface area (Å²) in [5, 5.41) is 9.81. The van der Waals surface area contributed by atoms with Crippen LogP contribution in [0, 0.1) is 0 Å². The lowest BCUT2D eigenvalue weighted by molar-refractivity contribution is -0.259. The van der Waals surface area contributed by atoms with Gasteiger partial charge < -0.3 is 14.7 Å². The van der Waals surface area contributed by atoms with Crippen molar-refractivity contribution in [2.75, 3.05) is 50.8 Å². The van der Waals surface area contributed by atoms with E-state index in [9.17, 15) is 27.0 Å². The third-order valence-corrected chi connectivity index (χ3v) is 6.40. The summed E-state index contributed by atoms with van der Waals surface area (Å²) in [6.07, 6.45) is -2.91. The molecule has 2 saturated heterocycles. The van der Waals surface area contributed by atoms with Gasteiger partial charge in [-0.2, -0.15) is 17.5 Å². The first kappa shape index (κ1) is 23.3. The predicted octanol–water partition coefficient (Wildman–Crippen LogP) is 0.594. The Bertz CT molecular complexity index is 752. The lowest BCUT2D eigenvalue weighted by atomic mass is 9.99. The van der Waals surface area contributed by atoms with Gasteiger partial charge in [0.1, 0.15) is 0 Å². The molecular formula is C17H26F3N5O4S. The van der Waals surface area contributed by atoms with Crippen molar-refractivity contribution in [3.63, 3.8) is 0 Å². The molecule has 170 valence electrons. The Morgan fingerprint density at radius 1 is 1.27 bits per heavy atom. The molecule has 2 aliphatic heterocycles. The Morgan fingerprint density at radius 2 is 1.93 bits per heavy atom. The van der Waals surface area contributed by atoms with E-state index >= 15 is 0 Å². The Labute approximate surface area is 175 Å². The van der Waals surface area contributed by atoms with Crippen LogP contribution in [0.15, 0.2) is 12.4 Å². The number of piperazine rings is 1. The molecule has 2 aliphatic rings. The van der Waals surface area contributed by atoms with Gasteiger partial charge in [0.05, 0.1) is 19.3 Å². The van der Waals surface area contributed by atoms with Crippen molar-refractivity contribution in [3.8, 4) is 0 Å². The average Bonchev–Trinajstić information content (AvgIpc) is 2.69. The number of alkyl halides is 3. The fourth-order valence-electron chi connectivity index (χ4n) is 3.58. The normalized spacial score (nSPS) is 27.6. The molecule has 0 aromatic carbocycles. The Balaban J connectivity index is 1.81. The van der Waals surface area contributed by atoms with Gasteiger partial charge in [0.2, 0.25) is 17.2 Å². The Morgan fingerprint density at radius 3 is 2.50 bits per heavy atom. The molecule has 0 aliphatic carbocycles. The summed E-state index contributed by atoms with van der Waals surface area (Å²) in [4.78, 5) is 12.2. The third kappa shape index (κ3) is 4.92. The second kappa shape index (κ2) is 9.01. The van der Waals surface area contributed by atoms with E-state index in [-0.39, 0.29) is 31.1 Å². The first-order valence-electron chi connectivity index (χ1n) is 9.56. The molecule has 9 nitrogen and oxygen atoms in total. The van der Waals surface area contributed by atoms with Crippen LogP contribution in [0.5, 0.6) is 0 Å². The number of halogens is 3. The van der Waals surface area contributed by atoms with E-state index in [1.165, 1.54) is 4.31 Å². The fraction of sp³-hybridized carbons (Fsp3) is 0.765. The zero-order chi connectivity index (χ0) is 22.1. The minimum Gasteiger partial charge on any atom is -0.379 e. The lowest BCUT2D eigenvalue weighted by Gasteiger charge is -2.44. The second-order valence-corrected chi connectivity index (χ2v) is 8.70. The zero-order valence-electron chi connectivity index (χ0n) is 16.7. The molecule has 4 atom stereocenters. The van der Waals surface area contributed by atoms with Crippen LogP contribution in [-0.2, 0) is 21.6 Å². The number of morpholine rings is 1. The van der Waals surface area contributed by atoms with E-state index in [0.717, 1.165) is 12.4 Å². The maximum absolute atomic E-state index is 13.1. The van der Waals surface area contributed by atoms with E-state index in [2.05, 4.69) is 14.9 Å². The van der Waals surface area contributed by atoms with Gasteiger partial charge >= 0.3 is 6.18 Å². The van der Waals surface area contributed by atoms with Crippen LogP contribution < -0.4 is 4.90 Å². The highest BCUT2D eigenvalue weighted by Crippen LogP contribution is 2.38. The minimum atomic E-state index is -4.86. The van der Waals surface area contributed by atoms with Crippen molar-refractivity contribution < 1.29 is 31.8 Å². The maximum atomic E-state index is 13.1. The molecule has 1 aromatic heterocycles. The summed E-state index contributed by atoms with van der Waals surface area (Å²) >= 11 is -2.12. The molecule has 0 bridgehead atoms. The minimum absolute atomic E-state index is 0.167. The predicted molar refractivity (Wildman–Crippen MR) is 103 cm³/mol. The van der Waals surface area contributed by atoms with Crippen LogP contribution >= 0.6 is 0 Å². The number of nitrogens with zero attached hydrogens (tertiary/aromatic N) is 5. The number of rotatable bonds is 5. The van der Waals surface area contributed by atoms with Gasteiger partial charge in [-0.15, -0.1) is 0 Å². The van der Waals surface area contributed by atoms with E-state index in [4.69, 9.17) is 4.74 Å². The second-order valence-electron chi connectivity index (χ2n) is 7.73. The zero-order valence-corrected chi connectivity index (χ0v) is 17.6. The van der Waals surface area contributed by atoms with Crippen molar-refractivity contribution in [2.24, 2.45) is 0 Å². The van der Waals surface area contributed by atoms with Crippen LogP contribution in [0.1, 0.15) is 19.4 Å². The lowest BCUT2D eigenvalue weighted by Crippen LogP contribution is -2.59. The average molecular weight is 453 g/mol. The van der Waals surface area contributed by atoms with Crippen molar-refractivity contribution >= 4 is 17.2 Å². The molecule has 2 N–H and O–H groups in total. The van der Waals surface area contributed by atoms with E-state index < -0.39 is 28.6 Å². The van der Waals surface area contributed by atoms with Crippen LogP contribution in [0.3, 0.4) is 0 Å². The molecule has 13 heteroatoms. The number of aliphatic hydroxyl groups is 1. The number of aromatic nitrogens is 2. The Kier molecular flexibility index (Phi) is 6.99. The summed E-state index contributed by atoms with van der Waals surface area (Å²) in [6.45, 7) is 6.02. The maximum Gasteiger partial charge on any atom is 0.421 e. The van der Waals surface area contributed by atoms with Crippen molar-refractivity contribution in [3.05, 3.63) is 18.0 Å². The summed E-state index contributed by atoms with van der Waals surface area (Å²) in [5.41, 5.74) is -3.51. The molecule has 0 spiro atoms. The largest absolute Gasteiger partial charge is 0.421 e. The highest BCUT2D eigenvalue weighted by atomic mass is 32.2. The molecule has 0 saturated carbocycles. The van der Waals surface area contributed by atoms with Gasteiger partial charge in [-0.25, -0.2) is 14.2 Å².